The highest BCUT2D eigenvalue weighted by Crippen LogP contribution is 2.32. The van der Waals surface area contributed by atoms with Gasteiger partial charge >= 0.3 is 11.7 Å². The third kappa shape index (κ3) is 4.64. The summed E-state index contributed by atoms with van der Waals surface area (Å²) in [7, 11) is 0. The highest BCUT2D eigenvalue weighted by Gasteiger charge is 2.38. The molecule has 0 bridgehead atoms. The standard InChI is InChI=1S/C24H35N3O3/c1-2-30-23(28)19-17-26(16-18-10-6-4-3-5-7-11-18)15-14-21(19)27-22-13-9-8-12-20(22)25-24(27)29/h8-9,12-13,18-19,21H,2-7,10-11,14-17H2,1H3,(H,25,29). The largest absolute Gasteiger partial charge is 0.466 e. The monoisotopic (exact) mass is 413 g/mol. The normalized spacial score (nSPS) is 24.4. The van der Waals surface area contributed by atoms with E-state index in [1.54, 1.807) is 4.57 Å². The topological polar surface area (TPSA) is 67.3 Å². The number of ether oxygens (including phenoxy) is 1. The number of esters is 1. The minimum Gasteiger partial charge on any atom is -0.466 e. The van der Waals surface area contributed by atoms with Gasteiger partial charge in [0.15, 0.2) is 0 Å². The fourth-order valence-electron chi connectivity index (χ4n) is 5.45. The first-order valence-electron chi connectivity index (χ1n) is 11.8. The van der Waals surface area contributed by atoms with E-state index in [9.17, 15) is 9.59 Å². The van der Waals surface area contributed by atoms with Crippen LogP contribution < -0.4 is 5.69 Å². The quantitative estimate of drug-likeness (QED) is 0.749. The molecule has 2 aliphatic rings. The second kappa shape index (κ2) is 9.82. The zero-order chi connectivity index (χ0) is 20.9. The van der Waals surface area contributed by atoms with E-state index >= 15 is 0 Å². The second-order valence-electron chi connectivity index (χ2n) is 9.00. The number of carbonyl (C=O) groups is 1. The van der Waals surface area contributed by atoms with E-state index in [0.717, 1.165) is 36.5 Å². The molecule has 1 N–H and O–H groups in total. The van der Waals surface area contributed by atoms with Gasteiger partial charge in [0, 0.05) is 19.6 Å². The molecule has 1 aromatic heterocycles. The molecule has 4 rings (SSSR count). The van der Waals surface area contributed by atoms with Crippen LogP contribution in [0.25, 0.3) is 11.0 Å². The van der Waals surface area contributed by atoms with E-state index in [-0.39, 0.29) is 23.6 Å². The van der Waals surface area contributed by atoms with E-state index < -0.39 is 0 Å². The zero-order valence-electron chi connectivity index (χ0n) is 18.1. The van der Waals surface area contributed by atoms with E-state index in [1.165, 1.54) is 44.9 Å². The van der Waals surface area contributed by atoms with Crippen LogP contribution in [0.5, 0.6) is 0 Å². The fraction of sp³-hybridized carbons (Fsp3) is 0.667. The van der Waals surface area contributed by atoms with Gasteiger partial charge in [0.25, 0.3) is 0 Å². The van der Waals surface area contributed by atoms with E-state index in [4.69, 9.17) is 4.74 Å². The summed E-state index contributed by atoms with van der Waals surface area (Å²) in [6.07, 6.45) is 10.1. The molecule has 2 aromatic rings. The molecule has 6 nitrogen and oxygen atoms in total. The molecule has 6 heteroatoms. The number of rotatable bonds is 5. The molecule has 2 atom stereocenters. The van der Waals surface area contributed by atoms with E-state index in [0.29, 0.717) is 13.2 Å². The van der Waals surface area contributed by atoms with Gasteiger partial charge in [-0.05, 0) is 44.2 Å². The molecule has 1 aliphatic carbocycles. The summed E-state index contributed by atoms with van der Waals surface area (Å²) < 4.78 is 7.24. The number of hydrogen-bond acceptors (Lipinski definition) is 4. The number of hydrogen-bond donors (Lipinski definition) is 1. The van der Waals surface area contributed by atoms with Crippen LogP contribution in [0.1, 0.15) is 64.3 Å². The SMILES string of the molecule is CCOC(=O)C1CN(CC2CCCCCCC2)CCC1n1c(=O)[nH]c2ccccc21. The van der Waals surface area contributed by atoms with Crippen molar-refractivity contribution in [1.82, 2.24) is 14.5 Å². The molecular weight excluding hydrogens is 378 g/mol. The van der Waals surface area contributed by atoms with Crippen molar-refractivity contribution in [3.63, 3.8) is 0 Å². The number of H-pyrrole nitrogens is 1. The number of imidazole rings is 1. The van der Waals surface area contributed by atoms with Gasteiger partial charge in [0.05, 0.1) is 29.6 Å². The highest BCUT2D eigenvalue weighted by molar-refractivity contribution is 5.77. The Morgan fingerprint density at radius 2 is 1.83 bits per heavy atom. The lowest BCUT2D eigenvalue weighted by atomic mass is 9.88. The number of piperidine rings is 1. The first kappa shape index (κ1) is 21.2. The summed E-state index contributed by atoms with van der Waals surface area (Å²) >= 11 is 0. The minimum absolute atomic E-state index is 0.135. The van der Waals surface area contributed by atoms with Crippen LogP contribution in [0.2, 0.25) is 0 Å². The molecule has 2 unspecified atom stereocenters. The lowest BCUT2D eigenvalue weighted by molar-refractivity contribution is -0.152. The Bertz CT molecular complexity index is 894. The summed E-state index contributed by atoms with van der Waals surface area (Å²) in [5.74, 6) is 0.228. The summed E-state index contributed by atoms with van der Waals surface area (Å²) in [5.41, 5.74) is 1.56. The molecule has 1 aliphatic heterocycles. The predicted molar refractivity (Wildman–Crippen MR) is 119 cm³/mol. The minimum atomic E-state index is -0.316. The van der Waals surface area contributed by atoms with Crippen LogP contribution in [0.15, 0.2) is 29.1 Å². The summed E-state index contributed by atoms with van der Waals surface area (Å²) in [6, 6.07) is 7.56. The van der Waals surface area contributed by atoms with Gasteiger partial charge in [-0.3, -0.25) is 9.36 Å². The lowest BCUT2D eigenvalue weighted by Crippen LogP contribution is -2.48. The average molecular weight is 414 g/mol. The van der Waals surface area contributed by atoms with Crippen molar-refractivity contribution < 1.29 is 9.53 Å². The van der Waals surface area contributed by atoms with Gasteiger partial charge in [0.2, 0.25) is 0 Å². The molecule has 0 spiro atoms. The number of carbonyl (C=O) groups excluding carboxylic acids is 1. The maximum atomic E-state index is 12.9. The lowest BCUT2D eigenvalue weighted by Gasteiger charge is -2.39. The van der Waals surface area contributed by atoms with Crippen LogP contribution in [0.3, 0.4) is 0 Å². The van der Waals surface area contributed by atoms with Crippen molar-refractivity contribution in [3.8, 4) is 0 Å². The van der Waals surface area contributed by atoms with Crippen LogP contribution in [0, 0.1) is 11.8 Å². The summed E-state index contributed by atoms with van der Waals surface area (Å²) in [4.78, 5) is 31.1. The van der Waals surface area contributed by atoms with Gasteiger partial charge in [-0.25, -0.2) is 4.79 Å². The van der Waals surface area contributed by atoms with Gasteiger partial charge < -0.3 is 14.6 Å². The molecule has 30 heavy (non-hydrogen) atoms. The number of likely N-dealkylation sites (tertiary alicyclic amines) is 1. The molecule has 1 saturated heterocycles. The Morgan fingerprint density at radius 1 is 1.10 bits per heavy atom. The number of nitrogens with one attached hydrogen (secondary N) is 1. The molecule has 1 aromatic carbocycles. The second-order valence-corrected chi connectivity index (χ2v) is 9.00. The zero-order valence-corrected chi connectivity index (χ0v) is 18.1. The van der Waals surface area contributed by atoms with E-state index in [1.807, 2.05) is 31.2 Å². The Kier molecular flexibility index (Phi) is 6.93. The molecular formula is C24H35N3O3. The number of nitrogens with zero attached hydrogens (tertiary/aromatic N) is 2. The van der Waals surface area contributed by atoms with Gasteiger partial charge in [-0.1, -0.05) is 44.2 Å². The Labute approximate surface area is 178 Å². The molecule has 0 radical (unpaired) electrons. The average Bonchev–Trinajstić information content (AvgIpc) is 3.05. The Balaban J connectivity index is 1.54. The fourth-order valence-corrected chi connectivity index (χ4v) is 5.45. The number of benzene rings is 1. The number of para-hydroxylation sites is 2. The number of aromatic amines is 1. The highest BCUT2D eigenvalue weighted by atomic mass is 16.5. The third-order valence-corrected chi connectivity index (χ3v) is 6.95. The van der Waals surface area contributed by atoms with Gasteiger partial charge in [-0.2, -0.15) is 0 Å². The molecule has 2 fully saturated rings. The van der Waals surface area contributed by atoms with Gasteiger partial charge in [0.1, 0.15) is 0 Å². The van der Waals surface area contributed by atoms with Crippen LogP contribution in [-0.4, -0.2) is 46.7 Å². The van der Waals surface area contributed by atoms with Gasteiger partial charge in [-0.15, -0.1) is 0 Å². The summed E-state index contributed by atoms with van der Waals surface area (Å²) in [6.45, 7) is 4.87. The Hall–Kier alpha value is -2.08. The molecule has 0 amide bonds. The predicted octanol–water partition coefficient (Wildman–Crippen LogP) is 4.12. The Morgan fingerprint density at radius 3 is 2.60 bits per heavy atom. The van der Waals surface area contributed by atoms with Crippen molar-refractivity contribution in [3.05, 3.63) is 34.7 Å². The van der Waals surface area contributed by atoms with E-state index in [2.05, 4.69) is 9.88 Å². The number of aromatic nitrogens is 2. The van der Waals surface area contributed by atoms with Crippen LogP contribution >= 0.6 is 0 Å². The third-order valence-electron chi connectivity index (χ3n) is 6.95. The molecule has 2 heterocycles. The van der Waals surface area contributed by atoms with Crippen molar-refractivity contribution in [2.45, 2.75) is 64.3 Å². The maximum absolute atomic E-state index is 12.9. The number of fused-ring (bicyclic) bond motifs is 1. The molecule has 164 valence electrons. The van der Waals surface area contributed by atoms with Crippen molar-refractivity contribution in [2.24, 2.45) is 11.8 Å². The summed E-state index contributed by atoms with van der Waals surface area (Å²) in [5, 5.41) is 0. The van der Waals surface area contributed by atoms with Crippen LogP contribution in [0.4, 0.5) is 0 Å². The smallest absolute Gasteiger partial charge is 0.326 e. The first-order chi connectivity index (χ1) is 14.7. The maximum Gasteiger partial charge on any atom is 0.326 e. The van der Waals surface area contributed by atoms with Crippen molar-refractivity contribution >= 4 is 17.0 Å². The molecule has 1 saturated carbocycles. The van der Waals surface area contributed by atoms with Crippen molar-refractivity contribution in [1.29, 1.82) is 0 Å². The van der Waals surface area contributed by atoms with Crippen LogP contribution in [-0.2, 0) is 9.53 Å². The van der Waals surface area contributed by atoms with Crippen molar-refractivity contribution in [2.75, 3.05) is 26.2 Å². The first-order valence-corrected chi connectivity index (χ1v) is 11.8.